The molecule has 118 valence electrons. The van der Waals surface area contributed by atoms with Crippen LogP contribution in [0.15, 0.2) is 76.2 Å². The maximum absolute atomic E-state index is 12.3. The number of hydrogen-bond donors (Lipinski definition) is 2. The molecule has 6 heteroatoms. The van der Waals surface area contributed by atoms with E-state index in [9.17, 15) is 8.42 Å². The van der Waals surface area contributed by atoms with E-state index in [-0.39, 0.29) is 11.4 Å². The van der Waals surface area contributed by atoms with Crippen LogP contribution in [0.1, 0.15) is 5.76 Å². The Hall–Kier alpha value is -2.57. The van der Waals surface area contributed by atoms with Crippen LogP contribution in [0.3, 0.4) is 0 Å². The van der Waals surface area contributed by atoms with Gasteiger partial charge in [-0.25, -0.2) is 13.1 Å². The molecule has 0 amide bonds. The molecule has 3 rings (SSSR count). The van der Waals surface area contributed by atoms with E-state index in [1.54, 1.807) is 36.4 Å². The van der Waals surface area contributed by atoms with E-state index >= 15 is 0 Å². The van der Waals surface area contributed by atoms with E-state index in [0.717, 1.165) is 11.1 Å². The van der Waals surface area contributed by atoms with Crippen LogP contribution in [0.25, 0.3) is 11.1 Å². The summed E-state index contributed by atoms with van der Waals surface area (Å²) in [6.07, 6.45) is 1.51. The first-order valence-corrected chi connectivity index (χ1v) is 8.51. The van der Waals surface area contributed by atoms with Gasteiger partial charge in [0.2, 0.25) is 10.0 Å². The minimum Gasteiger partial charge on any atom is -0.468 e. The lowest BCUT2D eigenvalue weighted by molar-refractivity contribution is 0.498. The van der Waals surface area contributed by atoms with Crippen LogP contribution in [0, 0.1) is 0 Å². The Bertz CT molecular complexity index is 869. The summed E-state index contributed by atoms with van der Waals surface area (Å²) >= 11 is 0. The van der Waals surface area contributed by atoms with Crippen LogP contribution in [0.5, 0.6) is 0 Å². The van der Waals surface area contributed by atoms with Gasteiger partial charge < -0.3 is 10.2 Å². The fourth-order valence-corrected chi connectivity index (χ4v) is 3.16. The highest BCUT2D eigenvalue weighted by Crippen LogP contribution is 2.22. The molecule has 0 aliphatic rings. The van der Waals surface area contributed by atoms with Crippen molar-refractivity contribution < 1.29 is 12.8 Å². The number of nitrogens with one attached hydrogen (secondary N) is 1. The first-order valence-electron chi connectivity index (χ1n) is 7.03. The summed E-state index contributed by atoms with van der Waals surface area (Å²) in [4.78, 5) is 0.211. The molecule has 1 aromatic heterocycles. The van der Waals surface area contributed by atoms with E-state index in [1.165, 1.54) is 6.26 Å². The molecule has 0 saturated heterocycles. The zero-order chi connectivity index (χ0) is 16.3. The van der Waals surface area contributed by atoms with E-state index in [1.807, 2.05) is 24.3 Å². The fourth-order valence-electron chi connectivity index (χ4n) is 2.16. The number of nitrogens with two attached hydrogens (primary N) is 1. The maximum Gasteiger partial charge on any atom is 0.240 e. The van der Waals surface area contributed by atoms with Gasteiger partial charge in [0, 0.05) is 5.69 Å². The third-order valence-corrected chi connectivity index (χ3v) is 4.84. The SMILES string of the molecule is Nc1ccc(-c2ccc(S(=O)(=O)NCc3ccco3)cc2)cc1. The molecule has 2 aromatic carbocycles. The van der Waals surface area contributed by atoms with Gasteiger partial charge in [-0.1, -0.05) is 24.3 Å². The van der Waals surface area contributed by atoms with E-state index < -0.39 is 10.0 Å². The summed E-state index contributed by atoms with van der Waals surface area (Å²) in [5.41, 5.74) is 8.26. The van der Waals surface area contributed by atoms with Crippen molar-refractivity contribution in [2.45, 2.75) is 11.4 Å². The molecule has 0 saturated carbocycles. The lowest BCUT2D eigenvalue weighted by Crippen LogP contribution is -2.22. The molecule has 0 aliphatic heterocycles. The van der Waals surface area contributed by atoms with Crippen molar-refractivity contribution in [3.05, 3.63) is 72.7 Å². The molecule has 0 fully saturated rings. The highest BCUT2D eigenvalue weighted by molar-refractivity contribution is 7.89. The molecular formula is C17H16N2O3S. The second-order valence-corrected chi connectivity index (χ2v) is 6.82. The molecule has 23 heavy (non-hydrogen) atoms. The van der Waals surface area contributed by atoms with Crippen molar-refractivity contribution in [3.8, 4) is 11.1 Å². The third kappa shape index (κ3) is 3.61. The van der Waals surface area contributed by atoms with Crippen LogP contribution in [-0.4, -0.2) is 8.42 Å². The predicted molar refractivity (Wildman–Crippen MR) is 89.0 cm³/mol. The second kappa shape index (κ2) is 6.28. The summed E-state index contributed by atoms with van der Waals surface area (Å²) in [6.45, 7) is 0.120. The quantitative estimate of drug-likeness (QED) is 0.705. The van der Waals surface area contributed by atoms with Crippen LogP contribution in [-0.2, 0) is 16.6 Å². The minimum atomic E-state index is -3.57. The average Bonchev–Trinajstić information content (AvgIpc) is 3.08. The molecule has 0 bridgehead atoms. The van der Waals surface area contributed by atoms with Crippen molar-refractivity contribution >= 4 is 15.7 Å². The Balaban J connectivity index is 1.76. The summed E-state index contributed by atoms with van der Waals surface area (Å²) < 4.78 is 32.1. The molecule has 3 aromatic rings. The smallest absolute Gasteiger partial charge is 0.240 e. The van der Waals surface area contributed by atoms with Crippen LogP contribution >= 0.6 is 0 Å². The van der Waals surface area contributed by atoms with Gasteiger partial charge in [-0.05, 0) is 47.5 Å². The number of nitrogen functional groups attached to an aromatic ring is 1. The molecule has 1 heterocycles. The summed E-state index contributed by atoms with van der Waals surface area (Å²) in [5, 5.41) is 0. The van der Waals surface area contributed by atoms with Gasteiger partial charge >= 0.3 is 0 Å². The lowest BCUT2D eigenvalue weighted by Gasteiger charge is -2.07. The standard InChI is InChI=1S/C17H16N2O3S/c18-15-7-3-13(4-8-15)14-5-9-17(10-6-14)23(20,21)19-12-16-2-1-11-22-16/h1-11,19H,12,18H2. The van der Waals surface area contributed by atoms with Gasteiger partial charge in [-0.3, -0.25) is 0 Å². The zero-order valence-corrected chi connectivity index (χ0v) is 13.1. The Morgan fingerprint density at radius 2 is 1.52 bits per heavy atom. The van der Waals surface area contributed by atoms with Crippen molar-refractivity contribution in [2.75, 3.05) is 5.73 Å². The van der Waals surface area contributed by atoms with E-state index in [0.29, 0.717) is 11.4 Å². The van der Waals surface area contributed by atoms with Gasteiger partial charge in [-0.15, -0.1) is 0 Å². The second-order valence-electron chi connectivity index (χ2n) is 5.05. The van der Waals surface area contributed by atoms with Gasteiger partial charge in [0.05, 0.1) is 17.7 Å². The zero-order valence-electron chi connectivity index (χ0n) is 12.3. The van der Waals surface area contributed by atoms with Crippen molar-refractivity contribution in [3.63, 3.8) is 0 Å². The molecule has 0 unspecified atom stereocenters. The topological polar surface area (TPSA) is 85.3 Å². The number of hydrogen-bond acceptors (Lipinski definition) is 4. The highest BCUT2D eigenvalue weighted by Gasteiger charge is 2.14. The van der Waals surface area contributed by atoms with Crippen LogP contribution < -0.4 is 10.5 Å². The van der Waals surface area contributed by atoms with E-state index in [2.05, 4.69) is 4.72 Å². The van der Waals surface area contributed by atoms with Gasteiger partial charge in [0.15, 0.2) is 0 Å². The lowest BCUT2D eigenvalue weighted by atomic mass is 10.1. The molecular weight excluding hydrogens is 312 g/mol. The van der Waals surface area contributed by atoms with Crippen LogP contribution in [0.2, 0.25) is 0 Å². The van der Waals surface area contributed by atoms with Crippen LogP contribution in [0.4, 0.5) is 5.69 Å². The third-order valence-electron chi connectivity index (χ3n) is 3.43. The Morgan fingerprint density at radius 3 is 2.09 bits per heavy atom. The first-order chi connectivity index (χ1) is 11.0. The number of furan rings is 1. The summed E-state index contributed by atoms with van der Waals surface area (Å²) in [7, 11) is -3.57. The monoisotopic (exact) mass is 328 g/mol. The van der Waals surface area contributed by atoms with Crippen molar-refractivity contribution in [2.24, 2.45) is 0 Å². The Morgan fingerprint density at radius 1 is 0.913 bits per heavy atom. The van der Waals surface area contributed by atoms with Gasteiger partial charge in [-0.2, -0.15) is 0 Å². The highest BCUT2D eigenvalue weighted by atomic mass is 32.2. The molecule has 3 N–H and O–H groups in total. The normalized spacial score (nSPS) is 11.5. The molecule has 0 radical (unpaired) electrons. The first kappa shape index (κ1) is 15.3. The van der Waals surface area contributed by atoms with Crippen molar-refractivity contribution in [1.82, 2.24) is 4.72 Å². The summed E-state index contributed by atoms with van der Waals surface area (Å²) in [6, 6.07) is 17.5. The molecule has 5 nitrogen and oxygen atoms in total. The molecule has 0 aliphatic carbocycles. The maximum atomic E-state index is 12.3. The van der Waals surface area contributed by atoms with Gasteiger partial charge in [0.1, 0.15) is 5.76 Å². The Kier molecular flexibility index (Phi) is 4.18. The van der Waals surface area contributed by atoms with E-state index in [4.69, 9.17) is 10.2 Å². The predicted octanol–water partition coefficient (Wildman–Crippen LogP) is 3.01. The average molecular weight is 328 g/mol. The minimum absolute atomic E-state index is 0.120. The number of benzene rings is 2. The van der Waals surface area contributed by atoms with Gasteiger partial charge in [0.25, 0.3) is 0 Å². The Labute approximate surface area is 134 Å². The number of sulfonamides is 1. The van der Waals surface area contributed by atoms with Crippen molar-refractivity contribution in [1.29, 1.82) is 0 Å². The molecule has 0 spiro atoms. The number of rotatable bonds is 5. The number of anilines is 1. The fraction of sp³-hybridized carbons (Fsp3) is 0.0588. The summed E-state index contributed by atoms with van der Waals surface area (Å²) in [5.74, 6) is 0.562. The largest absolute Gasteiger partial charge is 0.468 e. The molecule has 0 atom stereocenters.